The number of aliphatic hydroxyl groups is 1. The van der Waals surface area contributed by atoms with Gasteiger partial charge in [-0.05, 0) is 104 Å². The van der Waals surface area contributed by atoms with Crippen LogP contribution in [0.15, 0.2) is 11.1 Å². The van der Waals surface area contributed by atoms with Gasteiger partial charge in [-0.3, -0.25) is 0 Å². The molecule has 0 saturated heterocycles. The molecule has 2 fully saturated rings. The summed E-state index contributed by atoms with van der Waals surface area (Å²) in [6.45, 7) is 15.1. The van der Waals surface area contributed by atoms with E-state index in [1.165, 1.54) is 57.8 Å². The van der Waals surface area contributed by atoms with E-state index in [0.29, 0.717) is 10.8 Å². The highest BCUT2D eigenvalue weighted by molar-refractivity contribution is 5.34. The fourth-order valence-corrected chi connectivity index (χ4v) is 8.47. The van der Waals surface area contributed by atoms with Crippen LogP contribution in [-0.2, 0) is 0 Å². The third-order valence-electron chi connectivity index (χ3n) is 10.9. The molecule has 29 heavy (non-hydrogen) atoms. The molecule has 1 N–H and O–H groups in total. The van der Waals surface area contributed by atoms with Gasteiger partial charge >= 0.3 is 0 Å². The number of hydrogen-bond donors (Lipinski definition) is 1. The number of hydrogen-bond acceptors (Lipinski definition) is 1. The quantitative estimate of drug-likeness (QED) is 0.467. The molecule has 1 nitrogen and oxygen atoms in total. The molecule has 1 heteroatoms. The summed E-state index contributed by atoms with van der Waals surface area (Å²) in [5.41, 5.74) is 4.75. The molecule has 0 heterocycles. The van der Waals surface area contributed by atoms with Crippen LogP contribution >= 0.6 is 0 Å². The van der Waals surface area contributed by atoms with Crippen LogP contribution in [-0.4, -0.2) is 11.2 Å². The predicted molar refractivity (Wildman–Crippen MR) is 124 cm³/mol. The first kappa shape index (κ1) is 21.9. The molecule has 166 valence electrons. The van der Waals surface area contributed by atoms with Crippen LogP contribution < -0.4 is 0 Å². The fourth-order valence-electron chi connectivity index (χ4n) is 8.47. The van der Waals surface area contributed by atoms with Gasteiger partial charge in [0.15, 0.2) is 0 Å². The Kier molecular flexibility index (Phi) is 6.04. The maximum absolute atomic E-state index is 10.3. The number of rotatable bonds is 5. The van der Waals surface area contributed by atoms with Gasteiger partial charge in [0.25, 0.3) is 0 Å². The van der Waals surface area contributed by atoms with Crippen molar-refractivity contribution in [3.05, 3.63) is 11.1 Å². The van der Waals surface area contributed by atoms with E-state index in [1.807, 2.05) is 11.1 Å². The Morgan fingerprint density at radius 1 is 0.931 bits per heavy atom. The Morgan fingerprint density at radius 2 is 1.69 bits per heavy atom. The van der Waals surface area contributed by atoms with E-state index in [0.717, 1.165) is 48.3 Å². The monoisotopic (exact) mass is 400 g/mol. The maximum atomic E-state index is 10.3. The highest BCUT2D eigenvalue weighted by Gasteiger charge is 2.55. The van der Waals surface area contributed by atoms with Crippen molar-refractivity contribution in [1.29, 1.82) is 0 Å². The number of fused-ring (bicyclic) bond motifs is 4. The van der Waals surface area contributed by atoms with E-state index in [1.54, 1.807) is 0 Å². The minimum Gasteiger partial charge on any atom is -0.393 e. The first-order valence-corrected chi connectivity index (χ1v) is 13.1. The van der Waals surface area contributed by atoms with Crippen molar-refractivity contribution in [1.82, 2.24) is 0 Å². The third-order valence-corrected chi connectivity index (χ3v) is 10.9. The minimum atomic E-state index is -0.0333. The molecule has 0 aromatic rings. The molecule has 4 rings (SSSR count). The van der Waals surface area contributed by atoms with E-state index >= 15 is 0 Å². The predicted octanol–water partition coefficient (Wildman–Crippen LogP) is 7.78. The highest BCUT2D eigenvalue weighted by Crippen LogP contribution is 2.66. The maximum Gasteiger partial charge on any atom is 0.0543 e. The van der Waals surface area contributed by atoms with Crippen molar-refractivity contribution in [3.8, 4) is 0 Å². The molecular weight excluding hydrogens is 352 g/mol. The number of allylic oxidation sites excluding steroid dienone is 2. The molecule has 2 saturated carbocycles. The van der Waals surface area contributed by atoms with Gasteiger partial charge in [-0.2, -0.15) is 0 Å². The Labute approximate surface area is 181 Å². The first-order valence-electron chi connectivity index (χ1n) is 13.1. The van der Waals surface area contributed by atoms with Crippen LogP contribution in [0.4, 0.5) is 0 Å². The van der Waals surface area contributed by atoms with Gasteiger partial charge in [-0.1, -0.05) is 65.5 Å². The van der Waals surface area contributed by atoms with Crippen LogP contribution in [0.2, 0.25) is 0 Å². The Morgan fingerprint density at radius 3 is 2.41 bits per heavy atom. The second-order valence-electron chi connectivity index (χ2n) is 12.6. The smallest absolute Gasteiger partial charge is 0.0543 e. The lowest BCUT2D eigenvalue weighted by atomic mass is 9.50. The summed E-state index contributed by atoms with van der Waals surface area (Å²) in [5, 5.41) is 10.3. The van der Waals surface area contributed by atoms with E-state index in [2.05, 4.69) is 41.5 Å². The van der Waals surface area contributed by atoms with E-state index in [4.69, 9.17) is 0 Å². The molecule has 0 radical (unpaired) electrons. The number of aliphatic hydroxyl groups excluding tert-OH is 1. The summed E-state index contributed by atoms with van der Waals surface area (Å²) in [4.78, 5) is 0. The van der Waals surface area contributed by atoms with Crippen molar-refractivity contribution >= 4 is 0 Å². The lowest BCUT2D eigenvalue weighted by Gasteiger charge is -2.55. The lowest BCUT2D eigenvalue weighted by Crippen LogP contribution is -2.45. The normalized spacial score (nSPS) is 44.3. The molecule has 0 spiro atoms. The largest absolute Gasteiger partial charge is 0.393 e. The summed E-state index contributed by atoms with van der Waals surface area (Å²) in [5.74, 6) is 5.10. The summed E-state index contributed by atoms with van der Waals surface area (Å²) < 4.78 is 0. The van der Waals surface area contributed by atoms with Gasteiger partial charge in [0.1, 0.15) is 0 Å². The van der Waals surface area contributed by atoms with E-state index in [9.17, 15) is 5.11 Å². The van der Waals surface area contributed by atoms with E-state index < -0.39 is 0 Å². The van der Waals surface area contributed by atoms with E-state index in [-0.39, 0.29) is 6.10 Å². The SMILES string of the molecule is CC(C)[C@@H](C)CC[C@@H](C)[C@H]1CC[C@H]2C3=C(CC[C@]12C)[C@@]1(C)CC[C@H](O)CC1CC3. The van der Waals surface area contributed by atoms with Crippen LogP contribution in [0.25, 0.3) is 0 Å². The van der Waals surface area contributed by atoms with Crippen molar-refractivity contribution < 1.29 is 5.11 Å². The summed E-state index contributed by atoms with van der Waals surface area (Å²) in [6.07, 6.45) is 14.5. The zero-order valence-electron chi connectivity index (χ0n) is 20.3. The van der Waals surface area contributed by atoms with Gasteiger partial charge < -0.3 is 5.11 Å². The van der Waals surface area contributed by atoms with Crippen molar-refractivity contribution in [2.24, 2.45) is 46.3 Å². The van der Waals surface area contributed by atoms with Crippen molar-refractivity contribution in [2.75, 3.05) is 0 Å². The molecule has 0 bridgehead atoms. The summed E-state index contributed by atoms with van der Waals surface area (Å²) in [7, 11) is 0. The highest BCUT2D eigenvalue weighted by atomic mass is 16.3. The van der Waals surface area contributed by atoms with Crippen LogP contribution in [0.5, 0.6) is 0 Å². The molecular formula is C28H48O. The summed E-state index contributed by atoms with van der Waals surface area (Å²) >= 11 is 0. The Balaban J connectivity index is 1.52. The molecule has 0 amide bonds. The minimum absolute atomic E-state index is 0.0333. The van der Waals surface area contributed by atoms with Crippen molar-refractivity contribution in [3.63, 3.8) is 0 Å². The fraction of sp³-hybridized carbons (Fsp3) is 0.929. The third kappa shape index (κ3) is 3.66. The molecule has 4 aliphatic carbocycles. The Hall–Kier alpha value is -0.300. The molecule has 0 aromatic heterocycles. The lowest BCUT2D eigenvalue weighted by molar-refractivity contribution is 0.0131. The van der Waals surface area contributed by atoms with Crippen LogP contribution in [0, 0.1) is 46.3 Å². The van der Waals surface area contributed by atoms with Gasteiger partial charge in [0, 0.05) is 0 Å². The standard InChI is InChI=1S/C28H48O/c1-18(2)19(3)7-8-20(4)24-11-12-25-23-10-9-21-17-22(29)13-15-27(21,5)26(23)14-16-28(24,25)6/h18-22,24-25,29H,7-17H2,1-6H3/t19-,20+,21?,22-,24+,25-,27-,28+/m0/s1. The van der Waals surface area contributed by atoms with Gasteiger partial charge in [-0.25, -0.2) is 0 Å². The van der Waals surface area contributed by atoms with Gasteiger partial charge in [-0.15, -0.1) is 0 Å². The molecule has 0 aliphatic heterocycles. The Bertz CT molecular complexity index is 632. The zero-order valence-corrected chi connectivity index (χ0v) is 20.3. The summed E-state index contributed by atoms with van der Waals surface area (Å²) in [6, 6.07) is 0. The van der Waals surface area contributed by atoms with Gasteiger partial charge in [0.05, 0.1) is 6.10 Å². The average molecular weight is 401 g/mol. The van der Waals surface area contributed by atoms with Crippen LogP contribution in [0.3, 0.4) is 0 Å². The molecule has 8 atom stereocenters. The molecule has 0 aromatic carbocycles. The first-order chi connectivity index (χ1) is 13.7. The molecule has 1 unspecified atom stereocenters. The van der Waals surface area contributed by atoms with Crippen molar-refractivity contribution in [2.45, 2.75) is 118 Å². The topological polar surface area (TPSA) is 20.2 Å². The van der Waals surface area contributed by atoms with Crippen LogP contribution in [0.1, 0.15) is 112 Å². The second kappa shape index (κ2) is 7.99. The van der Waals surface area contributed by atoms with Gasteiger partial charge in [0.2, 0.25) is 0 Å². The average Bonchev–Trinajstić information content (AvgIpc) is 3.03. The zero-order chi connectivity index (χ0) is 21.0. The molecule has 4 aliphatic rings. The second-order valence-corrected chi connectivity index (χ2v) is 12.6.